The number of hydrogen-bond donors (Lipinski definition) is 2. The molecule has 0 aliphatic rings. The van der Waals surface area contributed by atoms with E-state index < -0.39 is 11.6 Å². The molecule has 0 amide bonds. The number of carbonyl (C=O) groups is 1. The summed E-state index contributed by atoms with van der Waals surface area (Å²) in [6, 6.07) is 4.99. The van der Waals surface area contributed by atoms with Gasteiger partial charge in [-0.2, -0.15) is 0 Å². The molecule has 0 saturated carbocycles. The van der Waals surface area contributed by atoms with Crippen molar-refractivity contribution in [2.24, 2.45) is 0 Å². The van der Waals surface area contributed by atoms with Gasteiger partial charge in [0.15, 0.2) is 0 Å². The van der Waals surface area contributed by atoms with E-state index in [-0.39, 0.29) is 12.0 Å². The summed E-state index contributed by atoms with van der Waals surface area (Å²) in [6.07, 6.45) is -0.363. The fourth-order valence-electron chi connectivity index (χ4n) is 1.86. The summed E-state index contributed by atoms with van der Waals surface area (Å²) in [5, 5.41) is 9.35. The Bertz CT molecular complexity index is 657. The lowest BCUT2D eigenvalue weighted by Gasteiger charge is -2.07. The number of carboxylic acids is 1. The molecule has 0 radical (unpaired) electrons. The molecule has 3 N–H and O–H groups in total. The normalized spacial score (nSPS) is 10.6. The van der Waals surface area contributed by atoms with Crippen LogP contribution in [-0.4, -0.2) is 11.1 Å². The largest absolute Gasteiger partial charge is 0.481 e. The van der Waals surface area contributed by atoms with Crippen LogP contribution in [0.4, 0.5) is 5.69 Å². The first-order valence-electron chi connectivity index (χ1n) is 5.03. The van der Waals surface area contributed by atoms with Crippen molar-refractivity contribution in [3.05, 3.63) is 39.7 Å². The number of rotatable bonds is 2. The molecule has 0 unspecified atom stereocenters. The molecule has 1 aromatic carbocycles. The average molecular weight is 233 g/mol. The SMILES string of the molecule is Cc1c(CC(=O)O)c(=O)oc2cccc(N)c12. The molecule has 1 heterocycles. The Labute approximate surface area is 96.5 Å². The van der Waals surface area contributed by atoms with Crippen LogP contribution in [0.3, 0.4) is 0 Å². The monoisotopic (exact) mass is 233 g/mol. The van der Waals surface area contributed by atoms with E-state index in [1.54, 1.807) is 25.1 Å². The van der Waals surface area contributed by atoms with Crippen molar-refractivity contribution in [3.63, 3.8) is 0 Å². The number of aliphatic carboxylic acids is 1. The molecule has 0 atom stereocenters. The molecule has 5 nitrogen and oxygen atoms in total. The van der Waals surface area contributed by atoms with E-state index in [1.807, 2.05) is 0 Å². The summed E-state index contributed by atoms with van der Waals surface area (Å²) in [5.74, 6) is -1.07. The molecule has 5 heteroatoms. The third-order valence-corrected chi connectivity index (χ3v) is 2.66. The maximum atomic E-state index is 11.6. The average Bonchev–Trinajstić information content (AvgIpc) is 2.23. The van der Waals surface area contributed by atoms with E-state index in [0.717, 1.165) is 0 Å². The molecule has 1 aromatic heterocycles. The van der Waals surface area contributed by atoms with Crippen molar-refractivity contribution in [2.45, 2.75) is 13.3 Å². The Balaban J connectivity index is 2.83. The second-order valence-electron chi connectivity index (χ2n) is 3.78. The summed E-state index contributed by atoms with van der Waals surface area (Å²) in [6.45, 7) is 1.67. The minimum absolute atomic E-state index is 0.142. The van der Waals surface area contributed by atoms with Crippen LogP contribution in [0.25, 0.3) is 11.0 Å². The molecule has 0 aliphatic carbocycles. The minimum Gasteiger partial charge on any atom is -0.481 e. The Morgan fingerprint density at radius 1 is 1.47 bits per heavy atom. The zero-order chi connectivity index (χ0) is 12.6. The zero-order valence-electron chi connectivity index (χ0n) is 9.19. The first-order valence-corrected chi connectivity index (χ1v) is 5.03. The van der Waals surface area contributed by atoms with Gasteiger partial charge in [0, 0.05) is 11.1 Å². The predicted octanol–water partition coefficient (Wildman–Crippen LogP) is 1.31. The Morgan fingerprint density at radius 3 is 2.82 bits per heavy atom. The van der Waals surface area contributed by atoms with Gasteiger partial charge in [-0.05, 0) is 24.6 Å². The van der Waals surface area contributed by atoms with Crippen LogP contribution in [0.1, 0.15) is 11.1 Å². The van der Waals surface area contributed by atoms with Crippen molar-refractivity contribution in [3.8, 4) is 0 Å². The highest BCUT2D eigenvalue weighted by molar-refractivity contribution is 5.92. The van der Waals surface area contributed by atoms with Gasteiger partial charge in [0.05, 0.1) is 12.0 Å². The third kappa shape index (κ3) is 1.87. The van der Waals surface area contributed by atoms with E-state index in [9.17, 15) is 9.59 Å². The number of nitrogens with two attached hydrogens (primary N) is 1. The maximum Gasteiger partial charge on any atom is 0.340 e. The van der Waals surface area contributed by atoms with Crippen molar-refractivity contribution < 1.29 is 14.3 Å². The number of nitrogen functional groups attached to an aromatic ring is 1. The van der Waals surface area contributed by atoms with Crippen molar-refractivity contribution in [2.75, 3.05) is 5.73 Å². The van der Waals surface area contributed by atoms with Crippen molar-refractivity contribution in [1.82, 2.24) is 0 Å². The maximum absolute atomic E-state index is 11.6. The van der Waals surface area contributed by atoms with Crippen molar-refractivity contribution in [1.29, 1.82) is 0 Å². The summed E-state index contributed by atoms with van der Waals surface area (Å²) in [7, 11) is 0. The quantitative estimate of drug-likeness (QED) is 0.602. The van der Waals surface area contributed by atoms with E-state index in [2.05, 4.69) is 0 Å². The number of carboxylic acid groups (broad SMARTS) is 1. The summed E-state index contributed by atoms with van der Waals surface area (Å²) < 4.78 is 5.06. The van der Waals surface area contributed by atoms with Gasteiger partial charge in [-0.3, -0.25) is 4.79 Å². The molecule has 0 spiro atoms. The first-order chi connectivity index (χ1) is 8.00. The van der Waals surface area contributed by atoms with E-state index in [4.69, 9.17) is 15.3 Å². The molecule has 88 valence electrons. The molecule has 2 aromatic rings. The second kappa shape index (κ2) is 3.93. The van der Waals surface area contributed by atoms with Crippen LogP contribution in [-0.2, 0) is 11.2 Å². The van der Waals surface area contributed by atoms with E-state index in [1.165, 1.54) is 0 Å². The highest BCUT2D eigenvalue weighted by Gasteiger charge is 2.15. The van der Waals surface area contributed by atoms with Crippen LogP contribution in [0.5, 0.6) is 0 Å². The highest BCUT2D eigenvalue weighted by Crippen LogP contribution is 2.25. The zero-order valence-corrected chi connectivity index (χ0v) is 9.19. The van der Waals surface area contributed by atoms with Crippen LogP contribution >= 0.6 is 0 Å². The molecule has 0 aliphatic heterocycles. The molecule has 0 saturated heterocycles. The van der Waals surface area contributed by atoms with E-state index in [0.29, 0.717) is 22.2 Å². The third-order valence-electron chi connectivity index (χ3n) is 2.66. The smallest absolute Gasteiger partial charge is 0.340 e. The number of benzene rings is 1. The van der Waals surface area contributed by atoms with Gasteiger partial charge < -0.3 is 15.3 Å². The topological polar surface area (TPSA) is 93.5 Å². The van der Waals surface area contributed by atoms with Crippen LogP contribution in [0, 0.1) is 6.92 Å². The van der Waals surface area contributed by atoms with Crippen LogP contribution < -0.4 is 11.4 Å². The minimum atomic E-state index is -1.07. The van der Waals surface area contributed by atoms with Gasteiger partial charge in [-0.15, -0.1) is 0 Å². The molecular formula is C12H11NO4. The van der Waals surface area contributed by atoms with Gasteiger partial charge in [0.1, 0.15) is 5.58 Å². The van der Waals surface area contributed by atoms with Gasteiger partial charge in [0.2, 0.25) is 0 Å². The molecule has 0 bridgehead atoms. The lowest BCUT2D eigenvalue weighted by molar-refractivity contribution is -0.136. The Hall–Kier alpha value is -2.30. The van der Waals surface area contributed by atoms with Gasteiger partial charge in [0.25, 0.3) is 0 Å². The predicted molar refractivity (Wildman–Crippen MR) is 63.0 cm³/mol. The number of anilines is 1. The van der Waals surface area contributed by atoms with E-state index >= 15 is 0 Å². The fraction of sp³-hybridized carbons (Fsp3) is 0.167. The van der Waals surface area contributed by atoms with Crippen LogP contribution in [0.2, 0.25) is 0 Å². The standard InChI is InChI=1S/C12H11NO4/c1-6-7(5-10(14)15)12(16)17-9-4-2-3-8(13)11(6)9/h2-4H,5,13H2,1H3,(H,14,15). The summed E-state index contributed by atoms with van der Waals surface area (Å²) >= 11 is 0. The Morgan fingerprint density at radius 2 is 2.18 bits per heavy atom. The fourth-order valence-corrected chi connectivity index (χ4v) is 1.86. The lowest BCUT2D eigenvalue weighted by Crippen LogP contribution is -2.15. The van der Waals surface area contributed by atoms with Gasteiger partial charge in [-0.25, -0.2) is 4.79 Å². The Kier molecular flexibility index (Phi) is 2.59. The highest BCUT2D eigenvalue weighted by atomic mass is 16.4. The first kappa shape index (κ1) is 11.2. The second-order valence-corrected chi connectivity index (χ2v) is 3.78. The van der Waals surface area contributed by atoms with Crippen LogP contribution in [0.15, 0.2) is 27.4 Å². The van der Waals surface area contributed by atoms with Gasteiger partial charge in [-0.1, -0.05) is 6.07 Å². The number of hydrogen-bond acceptors (Lipinski definition) is 4. The molecule has 17 heavy (non-hydrogen) atoms. The summed E-state index contributed by atoms with van der Waals surface area (Å²) in [4.78, 5) is 22.3. The van der Waals surface area contributed by atoms with Crippen molar-refractivity contribution >= 4 is 22.6 Å². The number of aryl methyl sites for hydroxylation is 1. The lowest BCUT2D eigenvalue weighted by atomic mass is 10.0. The molecule has 0 fully saturated rings. The number of fused-ring (bicyclic) bond motifs is 1. The molecular weight excluding hydrogens is 222 g/mol. The summed E-state index contributed by atoms with van der Waals surface area (Å²) in [5.41, 5.74) is 6.73. The molecule has 2 rings (SSSR count). The van der Waals surface area contributed by atoms with Gasteiger partial charge >= 0.3 is 11.6 Å².